The molecule has 0 bridgehead atoms. The molecule has 0 unspecified atom stereocenters. The third-order valence-electron chi connectivity index (χ3n) is 6.96. The molecule has 2 aliphatic heterocycles. The van der Waals surface area contributed by atoms with Gasteiger partial charge in [-0.15, -0.1) is 0 Å². The number of hydrogen-bond acceptors (Lipinski definition) is 7. The number of pyridine rings is 1. The fourth-order valence-corrected chi connectivity index (χ4v) is 5.09. The summed E-state index contributed by atoms with van der Waals surface area (Å²) in [6.45, 7) is 2.11. The van der Waals surface area contributed by atoms with Crippen molar-refractivity contribution in [1.29, 1.82) is 0 Å². The van der Waals surface area contributed by atoms with E-state index in [1.54, 1.807) is 17.0 Å². The first-order valence-corrected chi connectivity index (χ1v) is 12.8. The van der Waals surface area contributed by atoms with Crippen molar-refractivity contribution in [2.24, 2.45) is 5.92 Å². The highest BCUT2D eigenvalue weighted by molar-refractivity contribution is 6.31. The van der Waals surface area contributed by atoms with Crippen LogP contribution >= 0.6 is 11.6 Å². The van der Waals surface area contributed by atoms with Crippen LogP contribution < -0.4 is 14.7 Å². The lowest BCUT2D eigenvalue weighted by molar-refractivity contribution is -0.142. The highest BCUT2D eigenvalue weighted by Gasteiger charge is 2.36. The van der Waals surface area contributed by atoms with E-state index < -0.39 is 29.4 Å². The lowest BCUT2D eigenvalue weighted by Gasteiger charge is -2.37. The van der Waals surface area contributed by atoms with Crippen LogP contribution in [-0.2, 0) is 11.0 Å². The molecule has 4 heterocycles. The van der Waals surface area contributed by atoms with Crippen LogP contribution in [0.3, 0.4) is 0 Å². The average Bonchev–Trinajstić information content (AvgIpc) is 2.94. The number of rotatable bonds is 5. The molecule has 0 spiro atoms. The Hall–Kier alpha value is -3.67. The smallest absolute Gasteiger partial charge is 0.419 e. The Balaban J connectivity index is 1.44. The van der Waals surface area contributed by atoms with Crippen molar-refractivity contribution >= 4 is 35.2 Å². The van der Waals surface area contributed by atoms with Gasteiger partial charge in [0.2, 0.25) is 5.95 Å². The van der Waals surface area contributed by atoms with Crippen LogP contribution in [0.2, 0.25) is 5.02 Å². The summed E-state index contributed by atoms with van der Waals surface area (Å²) >= 11 is 6.02. The minimum Gasteiger partial charge on any atom is -0.481 e. The molecule has 2 fully saturated rings. The van der Waals surface area contributed by atoms with E-state index in [-0.39, 0.29) is 30.5 Å². The van der Waals surface area contributed by atoms with E-state index in [1.807, 2.05) is 9.80 Å². The molecule has 0 radical (unpaired) electrons. The van der Waals surface area contributed by atoms with Crippen LogP contribution in [-0.4, -0.2) is 65.3 Å². The summed E-state index contributed by atoms with van der Waals surface area (Å²) in [6.07, 6.45) is -1.96. The molecule has 5 rings (SSSR count). The van der Waals surface area contributed by atoms with Gasteiger partial charge in [0, 0.05) is 57.1 Å². The lowest BCUT2D eigenvalue weighted by Crippen LogP contribution is -2.48. The summed E-state index contributed by atoms with van der Waals surface area (Å²) in [5, 5.41) is 9.47. The zero-order chi connectivity index (χ0) is 27.7. The number of carboxylic acids is 1. The van der Waals surface area contributed by atoms with Gasteiger partial charge in [0.15, 0.2) is 0 Å². The van der Waals surface area contributed by atoms with E-state index >= 15 is 0 Å². The molecule has 2 aliphatic rings. The molecule has 0 saturated carbocycles. The number of piperidine rings is 1. The number of aromatic nitrogens is 3. The van der Waals surface area contributed by atoms with Crippen LogP contribution in [0.25, 0.3) is 11.3 Å². The zero-order valence-electron chi connectivity index (χ0n) is 20.7. The van der Waals surface area contributed by atoms with Crippen molar-refractivity contribution < 1.29 is 27.5 Å². The Morgan fingerprint density at radius 3 is 2.44 bits per heavy atom. The predicted molar refractivity (Wildman–Crippen MR) is 139 cm³/mol. The molecular weight excluding hydrogens is 540 g/mol. The van der Waals surface area contributed by atoms with Crippen molar-refractivity contribution in [2.45, 2.75) is 19.0 Å². The minimum atomic E-state index is -4.52. The molecule has 39 heavy (non-hydrogen) atoms. The first-order valence-electron chi connectivity index (χ1n) is 12.4. The lowest BCUT2D eigenvalue weighted by atomic mass is 9.99. The first kappa shape index (κ1) is 26.9. The van der Waals surface area contributed by atoms with Gasteiger partial charge in [-0.1, -0.05) is 11.6 Å². The fraction of sp³-hybridized carbons (Fsp3) is 0.385. The molecule has 3 aromatic rings. The summed E-state index contributed by atoms with van der Waals surface area (Å²) in [7, 11) is 0. The van der Waals surface area contributed by atoms with Crippen molar-refractivity contribution in [1.82, 2.24) is 15.0 Å². The number of alkyl halides is 3. The molecule has 13 heteroatoms. The Kier molecular flexibility index (Phi) is 7.48. The zero-order valence-corrected chi connectivity index (χ0v) is 21.5. The van der Waals surface area contributed by atoms with Gasteiger partial charge in [-0.2, -0.15) is 18.2 Å². The summed E-state index contributed by atoms with van der Waals surface area (Å²) in [5.41, 5.74) is 0.247. The average molecular weight is 565 g/mol. The van der Waals surface area contributed by atoms with Gasteiger partial charge in [0.1, 0.15) is 17.5 Å². The van der Waals surface area contributed by atoms with Crippen LogP contribution in [0.1, 0.15) is 18.4 Å². The van der Waals surface area contributed by atoms with Gasteiger partial charge in [-0.05, 0) is 43.2 Å². The third-order valence-corrected chi connectivity index (χ3v) is 7.25. The number of carbonyl (C=O) groups is 1. The number of benzene rings is 1. The molecule has 1 N–H and O–H groups in total. The van der Waals surface area contributed by atoms with Gasteiger partial charge in [-0.3, -0.25) is 4.79 Å². The highest BCUT2D eigenvalue weighted by Crippen LogP contribution is 2.36. The van der Waals surface area contributed by atoms with Crippen molar-refractivity contribution in [3.63, 3.8) is 0 Å². The molecule has 0 aliphatic carbocycles. The van der Waals surface area contributed by atoms with Gasteiger partial charge in [0.05, 0.1) is 22.2 Å². The van der Waals surface area contributed by atoms with Crippen LogP contribution in [0.5, 0.6) is 0 Å². The second kappa shape index (κ2) is 10.8. The molecule has 2 saturated heterocycles. The number of halogens is 5. The summed E-state index contributed by atoms with van der Waals surface area (Å²) < 4.78 is 54.4. The standard InChI is InChI=1S/C26H25ClF4N6O2/c27-19-13-16(5-6-20(19)28)21-14-22(34-25(33-21)37-8-2-3-17(15-37)24(38)39)35-9-11-36(12-10-35)23-18(26(29,30)31)4-1-7-32-23/h1,4-7,13-14,17H,2-3,8-12,15H2,(H,38,39)/t17-/m0/s1. The Bertz CT molecular complexity index is 1370. The SMILES string of the molecule is O=C(O)[C@H]1CCCN(c2nc(-c3ccc(F)c(Cl)c3)cc(N3CCN(c4ncccc4C(F)(F)F)CC3)n2)C1. The number of carboxylic acid groups (broad SMARTS) is 1. The normalized spacial score (nSPS) is 18.4. The summed E-state index contributed by atoms with van der Waals surface area (Å²) in [6, 6.07) is 8.26. The maximum Gasteiger partial charge on any atom is 0.419 e. The monoisotopic (exact) mass is 564 g/mol. The van der Waals surface area contributed by atoms with Crippen LogP contribution in [0.4, 0.5) is 35.1 Å². The summed E-state index contributed by atoms with van der Waals surface area (Å²) in [5.74, 6) is -1.25. The van der Waals surface area contributed by atoms with E-state index in [1.165, 1.54) is 24.4 Å². The quantitative estimate of drug-likeness (QED) is 0.435. The maximum absolute atomic E-state index is 13.8. The molecular formula is C26H25ClF4N6O2. The molecule has 8 nitrogen and oxygen atoms in total. The Morgan fingerprint density at radius 1 is 1.00 bits per heavy atom. The van der Waals surface area contributed by atoms with Gasteiger partial charge < -0.3 is 19.8 Å². The molecule has 1 atom stereocenters. The van der Waals surface area contributed by atoms with Crippen molar-refractivity contribution in [3.05, 3.63) is 59.0 Å². The summed E-state index contributed by atoms with van der Waals surface area (Å²) in [4.78, 5) is 30.4. The second-order valence-electron chi connectivity index (χ2n) is 9.51. The molecule has 206 valence electrons. The second-order valence-corrected chi connectivity index (χ2v) is 9.92. The van der Waals surface area contributed by atoms with Gasteiger partial charge in [-0.25, -0.2) is 14.4 Å². The third kappa shape index (κ3) is 5.85. The van der Waals surface area contributed by atoms with E-state index in [4.69, 9.17) is 16.6 Å². The Morgan fingerprint density at radius 2 is 1.74 bits per heavy atom. The largest absolute Gasteiger partial charge is 0.481 e. The number of aliphatic carboxylic acids is 1. The van der Waals surface area contributed by atoms with Crippen molar-refractivity contribution in [2.75, 3.05) is 54.0 Å². The molecule has 2 aromatic heterocycles. The number of anilines is 3. The number of nitrogens with zero attached hydrogens (tertiary/aromatic N) is 6. The van der Waals surface area contributed by atoms with E-state index in [2.05, 4.69) is 9.97 Å². The first-order chi connectivity index (χ1) is 18.6. The fourth-order valence-electron chi connectivity index (χ4n) is 4.91. The number of piperazine rings is 1. The van der Waals surface area contributed by atoms with Gasteiger partial charge in [0.25, 0.3) is 0 Å². The minimum absolute atomic E-state index is 0.0671. The van der Waals surface area contributed by atoms with Crippen LogP contribution in [0.15, 0.2) is 42.6 Å². The topological polar surface area (TPSA) is 85.7 Å². The van der Waals surface area contributed by atoms with E-state index in [0.717, 1.165) is 6.07 Å². The maximum atomic E-state index is 13.8. The Labute approximate surface area is 226 Å². The van der Waals surface area contributed by atoms with Gasteiger partial charge >= 0.3 is 12.1 Å². The van der Waals surface area contributed by atoms with E-state index in [9.17, 15) is 27.5 Å². The van der Waals surface area contributed by atoms with Crippen LogP contribution in [0, 0.1) is 11.7 Å². The molecule has 1 aromatic carbocycles. The number of hydrogen-bond donors (Lipinski definition) is 1. The molecule has 0 amide bonds. The predicted octanol–water partition coefficient (Wildman–Crippen LogP) is 4.98. The van der Waals surface area contributed by atoms with Crippen molar-refractivity contribution in [3.8, 4) is 11.3 Å². The highest BCUT2D eigenvalue weighted by atomic mass is 35.5. The van der Waals surface area contributed by atoms with E-state index in [0.29, 0.717) is 55.5 Å².